The van der Waals surface area contributed by atoms with Crippen LogP contribution in [0.2, 0.25) is 0 Å². The van der Waals surface area contributed by atoms with Crippen molar-refractivity contribution in [3.63, 3.8) is 0 Å². The molecule has 2 rings (SSSR count). The molecule has 0 aliphatic carbocycles. The third kappa shape index (κ3) is 2.45. The van der Waals surface area contributed by atoms with Gasteiger partial charge in [0, 0.05) is 5.56 Å². The predicted octanol–water partition coefficient (Wildman–Crippen LogP) is 2.91. The number of nitrogens with zero attached hydrogens (tertiary/aromatic N) is 1. The lowest BCUT2D eigenvalue weighted by atomic mass is 10.1. The second-order valence-corrected chi connectivity index (χ2v) is 4.22. The number of aromatic nitrogens is 1. The first-order valence-corrected chi connectivity index (χ1v) is 5.96. The van der Waals surface area contributed by atoms with Crippen molar-refractivity contribution in [2.24, 2.45) is 0 Å². The molecular weight excluding hydrogens is 238 g/mol. The standard InChI is InChI=1S/C12H11NO3S/c1-2-16-12-13-9(10(17-12)11(14)15)8-6-4-3-5-7-8/h3-7H,2H2,1H3,(H,14,15). The number of rotatable bonds is 4. The van der Waals surface area contributed by atoms with E-state index in [-0.39, 0.29) is 4.88 Å². The summed E-state index contributed by atoms with van der Waals surface area (Å²) in [4.78, 5) is 15.5. The fourth-order valence-corrected chi connectivity index (χ4v) is 2.26. The molecule has 1 aromatic heterocycles. The summed E-state index contributed by atoms with van der Waals surface area (Å²) in [5, 5.41) is 9.52. The van der Waals surface area contributed by atoms with Crippen molar-refractivity contribution >= 4 is 17.3 Å². The first kappa shape index (κ1) is 11.6. The van der Waals surface area contributed by atoms with E-state index in [0.717, 1.165) is 16.9 Å². The molecule has 0 saturated heterocycles. The largest absolute Gasteiger partial charge is 0.477 e. The Kier molecular flexibility index (Phi) is 3.39. The monoisotopic (exact) mass is 249 g/mol. The molecule has 0 amide bonds. The number of carboxylic acids is 1. The minimum atomic E-state index is -0.979. The van der Waals surface area contributed by atoms with Crippen LogP contribution in [0.25, 0.3) is 11.3 Å². The van der Waals surface area contributed by atoms with E-state index in [0.29, 0.717) is 17.5 Å². The lowest BCUT2D eigenvalue weighted by Gasteiger charge is -1.97. The number of ether oxygens (including phenoxy) is 1. The zero-order valence-corrected chi connectivity index (χ0v) is 10.0. The molecule has 1 heterocycles. The van der Waals surface area contributed by atoms with Gasteiger partial charge in [0.05, 0.1) is 12.3 Å². The van der Waals surface area contributed by atoms with Gasteiger partial charge in [0.1, 0.15) is 4.88 Å². The van der Waals surface area contributed by atoms with E-state index in [1.165, 1.54) is 0 Å². The quantitative estimate of drug-likeness (QED) is 0.905. The molecule has 17 heavy (non-hydrogen) atoms. The van der Waals surface area contributed by atoms with Gasteiger partial charge in [0.2, 0.25) is 0 Å². The molecular formula is C12H11NO3S. The Morgan fingerprint density at radius 1 is 1.41 bits per heavy atom. The van der Waals surface area contributed by atoms with Gasteiger partial charge in [0.25, 0.3) is 5.19 Å². The second-order valence-electron chi connectivity index (χ2n) is 3.26. The highest BCUT2D eigenvalue weighted by atomic mass is 32.1. The topological polar surface area (TPSA) is 59.4 Å². The van der Waals surface area contributed by atoms with E-state index in [2.05, 4.69) is 4.98 Å². The van der Waals surface area contributed by atoms with Crippen LogP contribution in [0.15, 0.2) is 30.3 Å². The van der Waals surface area contributed by atoms with E-state index >= 15 is 0 Å². The van der Waals surface area contributed by atoms with Crippen LogP contribution in [-0.2, 0) is 0 Å². The molecule has 0 fully saturated rings. The molecule has 0 aliphatic heterocycles. The predicted molar refractivity (Wildman–Crippen MR) is 65.7 cm³/mol. The molecule has 1 N–H and O–H groups in total. The lowest BCUT2D eigenvalue weighted by Crippen LogP contribution is -1.95. The van der Waals surface area contributed by atoms with Crippen molar-refractivity contribution in [3.05, 3.63) is 35.2 Å². The van der Waals surface area contributed by atoms with Crippen molar-refractivity contribution in [1.29, 1.82) is 0 Å². The Labute approximate surface area is 103 Å². The summed E-state index contributed by atoms with van der Waals surface area (Å²) in [6, 6.07) is 9.23. The Morgan fingerprint density at radius 2 is 2.12 bits per heavy atom. The van der Waals surface area contributed by atoms with Gasteiger partial charge in [-0.15, -0.1) is 0 Å². The second kappa shape index (κ2) is 4.97. The van der Waals surface area contributed by atoms with E-state index < -0.39 is 5.97 Å². The van der Waals surface area contributed by atoms with Crippen LogP contribution in [0, 0.1) is 0 Å². The van der Waals surface area contributed by atoms with Gasteiger partial charge in [-0.3, -0.25) is 0 Å². The SMILES string of the molecule is CCOc1nc(-c2ccccc2)c(C(=O)O)s1. The third-order valence-electron chi connectivity index (χ3n) is 2.12. The highest BCUT2D eigenvalue weighted by Crippen LogP contribution is 2.32. The van der Waals surface area contributed by atoms with Crippen LogP contribution in [0.4, 0.5) is 0 Å². The Balaban J connectivity index is 2.48. The van der Waals surface area contributed by atoms with Gasteiger partial charge in [-0.25, -0.2) is 9.78 Å². The zero-order valence-electron chi connectivity index (χ0n) is 9.21. The Morgan fingerprint density at radius 3 is 2.71 bits per heavy atom. The molecule has 2 aromatic rings. The summed E-state index contributed by atoms with van der Waals surface area (Å²) in [5.41, 5.74) is 1.25. The molecule has 5 heteroatoms. The molecule has 88 valence electrons. The van der Waals surface area contributed by atoms with Crippen LogP contribution < -0.4 is 4.74 Å². The minimum absolute atomic E-state index is 0.208. The van der Waals surface area contributed by atoms with Crippen LogP contribution in [0.1, 0.15) is 16.6 Å². The van der Waals surface area contributed by atoms with E-state index in [1.807, 2.05) is 37.3 Å². The fraction of sp³-hybridized carbons (Fsp3) is 0.167. The average molecular weight is 249 g/mol. The minimum Gasteiger partial charge on any atom is -0.477 e. The van der Waals surface area contributed by atoms with E-state index in [1.54, 1.807) is 0 Å². The van der Waals surface area contributed by atoms with Crippen LogP contribution in [0.5, 0.6) is 5.19 Å². The van der Waals surface area contributed by atoms with E-state index in [9.17, 15) is 4.79 Å². The van der Waals surface area contributed by atoms with E-state index in [4.69, 9.17) is 9.84 Å². The summed E-state index contributed by atoms with van der Waals surface area (Å²) in [7, 11) is 0. The highest BCUT2D eigenvalue weighted by molar-refractivity contribution is 7.15. The summed E-state index contributed by atoms with van der Waals surface area (Å²) in [5.74, 6) is -0.979. The summed E-state index contributed by atoms with van der Waals surface area (Å²) < 4.78 is 5.24. The summed E-state index contributed by atoms with van der Waals surface area (Å²) in [6.07, 6.45) is 0. The first-order chi connectivity index (χ1) is 8.22. The van der Waals surface area contributed by atoms with Crippen molar-refractivity contribution < 1.29 is 14.6 Å². The molecule has 0 atom stereocenters. The number of benzene rings is 1. The molecule has 0 radical (unpaired) electrons. The Bertz CT molecular complexity index is 522. The van der Waals surface area contributed by atoms with Gasteiger partial charge in [-0.05, 0) is 6.92 Å². The number of thiazole rings is 1. The highest BCUT2D eigenvalue weighted by Gasteiger charge is 2.19. The van der Waals surface area contributed by atoms with Crippen LogP contribution in [0.3, 0.4) is 0 Å². The molecule has 0 spiro atoms. The number of hydrogen-bond donors (Lipinski definition) is 1. The fourth-order valence-electron chi connectivity index (χ4n) is 1.42. The molecule has 1 aromatic carbocycles. The maximum absolute atomic E-state index is 11.1. The zero-order chi connectivity index (χ0) is 12.3. The lowest BCUT2D eigenvalue weighted by molar-refractivity contribution is 0.0702. The normalized spacial score (nSPS) is 10.2. The summed E-state index contributed by atoms with van der Waals surface area (Å²) >= 11 is 1.05. The van der Waals surface area contributed by atoms with Crippen molar-refractivity contribution in [1.82, 2.24) is 4.98 Å². The van der Waals surface area contributed by atoms with Gasteiger partial charge >= 0.3 is 5.97 Å². The average Bonchev–Trinajstić information content (AvgIpc) is 2.75. The smallest absolute Gasteiger partial charge is 0.348 e. The molecule has 0 aliphatic rings. The first-order valence-electron chi connectivity index (χ1n) is 5.14. The number of carboxylic acid groups (broad SMARTS) is 1. The maximum Gasteiger partial charge on any atom is 0.348 e. The van der Waals surface area contributed by atoms with Crippen LogP contribution in [-0.4, -0.2) is 22.7 Å². The van der Waals surface area contributed by atoms with Crippen LogP contribution >= 0.6 is 11.3 Å². The van der Waals surface area contributed by atoms with Gasteiger partial charge in [-0.2, -0.15) is 0 Å². The number of aromatic carboxylic acids is 1. The molecule has 4 nitrogen and oxygen atoms in total. The molecule has 0 bridgehead atoms. The van der Waals surface area contributed by atoms with Gasteiger partial charge in [-0.1, -0.05) is 41.7 Å². The number of hydrogen-bond acceptors (Lipinski definition) is 4. The third-order valence-corrected chi connectivity index (χ3v) is 3.07. The molecule has 0 saturated carbocycles. The summed E-state index contributed by atoms with van der Waals surface area (Å²) in [6.45, 7) is 2.31. The van der Waals surface area contributed by atoms with Crippen molar-refractivity contribution in [2.45, 2.75) is 6.92 Å². The molecule has 0 unspecified atom stereocenters. The maximum atomic E-state index is 11.1. The Hall–Kier alpha value is -1.88. The van der Waals surface area contributed by atoms with Crippen molar-refractivity contribution in [3.8, 4) is 16.5 Å². The number of carbonyl (C=O) groups is 1. The van der Waals surface area contributed by atoms with Gasteiger partial charge in [0.15, 0.2) is 0 Å². The van der Waals surface area contributed by atoms with Crippen molar-refractivity contribution in [2.75, 3.05) is 6.61 Å². The van der Waals surface area contributed by atoms with Gasteiger partial charge < -0.3 is 9.84 Å².